The number of nitrogen functional groups attached to an aromatic ring is 1. The largest absolute Gasteiger partial charge is 0.368 e. The van der Waals surface area contributed by atoms with Crippen molar-refractivity contribution in [1.82, 2.24) is 24.5 Å². The molecule has 7 nitrogen and oxygen atoms in total. The summed E-state index contributed by atoms with van der Waals surface area (Å²) in [4.78, 5) is 16.6. The Kier molecular flexibility index (Phi) is 3.49. The van der Waals surface area contributed by atoms with Crippen LogP contribution in [0.4, 0.5) is 11.9 Å². The van der Waals surface area contributed by atoms with E-state index in [1.165, 1.54) is 12.2 Å². The second kappa shape index (κ2) is 5.43. The monoisotopic (exact) mass is 277 g/mol. The fraction of sp³-hybridized carbons (Fsp3) is 0.455. The van der Waals surface area contributed by atoms with Gasteiger partial charge in [0.1, 0.15) is 6.33 Å². The van der Waals surface area contributed by atoms with Crippen LogP contribution in [-0.4, -0.2) is 42.1 Å². The molecule has 100 valence electrons. The Morgan fingerprint density at radius 2 is 2.32 bits per heavy atom. The molecule has 3 rings (SSSR count). The number of hydrogen-bond donors (Lipinski definition) is 2. The first-order chi connectivity index (χ1) is 9.31. The van der Waals surface area contributed by atoms with E-state index in [4.69, 9.17) is 5.73 Å². The molecule has 19 heavy (non-hydrogen) atoms. The summed E-state index contributed by atoms with van der Waals surface area (Å²) < 4.78 is 1.71. The summed E-state index contributed by atoms with van der Waals surface area (Å²) in [7, 11) is 0. The molecule has 1 unspecified atom stereocenters. The molecule has 0 spiro atoms. The number of hydrogen-bond acceptors (Lipinski definition) is 7. The minimum absolute atomic E-state index is 0.213. The SMILES string of the molecule is Nc1nc(NC2CCCSC2)nc(-n2ccnc2)n1. The highest BCUT2D eigenvalue weighted by molar-refractivity contribution is 7.99. The zero-order valence-electron chi connectivity index (χ0n) is 10.4. The lowest BCUT2D eigenvalue weighted by Crippen LogP contribution is -2.27. The summed E-state index contributed by atoms with van der Waals surface area (Å²) in [6.45, 7) is 0. The number of rotatable bonds is 3. The molecule has 0 radical (unpaired) electrons. The van der Waals surface area contributed by atoms with Crippen LogP contribution in [0.25, 0.3) is 5.95 Å². The molecular weight excluding hydrogens is 262 g/mol. The Morgan fingerprint density at radius 3 is 3.05 bits per heavy atom. The predicted molar refractivity (Wildman–Crippen MR) is 75.3 cm³/mol. The lowest BCUT2D eigenvalue weighted by atomic mass is 10.2. The Morgan fingerprint density at radius 1 is 1.37 bits per heavy atom. The van der Waals surface area contributed by atoms with E-state index in [0.717, 1.165) is 12.2 Å². The maximum atomic E-state index is 5.73. The molecule has 1 aliphatic rings. The van der Waals surface area contributed by atoms with E-state index >= 15 is 0 Å². The molecule has 3 heterocycles. The molecule has 3 N–H and O–H groups in total. The van der Waals surface area contributed by atoms with E-state index < -0.39 is 0 Å². The van der Waals surface area contributed by atoms with E-state index in [2.05, 4.69) is 25.3 Å². The highest BCUT2D eigenvalue weighted by Crippen LogP contribution is 2.19. The highest BCUT2D eigenvalue weighted by atomic mass is 32.2. The number of aromatic nitrogens is 5. The summed E-state index contributed by atoms with van der Waals surface area (Å²) in [5, 5.41) is 3.33. The standard InChI is InChI=1S/C11H15N7S/c12-9-15-10(14-8-2-1-5-19-6-8)17-11(16-9)18-4-3-13-7-18/h3-4,7-8H,1-2,5-6H2,(H3,12,14,15,16,17). The van der Waals surface area contributed by atoms with Gasteiger partial charge in [-0.3, -0.25) is 4.57 Å². The first-order valence-electron chi connectivity index (χ1n) is 6.15. The maximum Gasteiger partial charge on any atom is 0.241 e. The van der Waals surface area contributed by atoms with Gasteiger partial charge in [-0.1, -0.05) is 0 Å². The first kappa shape index (κ1) is 12.2. The van der Waals surface area contributed by atoms with Crippen molar-refractivity contribution in [2.75, 3.05) is 22.6 Å². The summed E-state index contributed by atoms with van der Waals surface area (Å²) in [6, 6.07) is 0.399. The lowest BCUT2D eigenvalue weighted by Gasteiger charge is -2.22. The molecule has 0 aliphatic carbocycles. The molecule has 1 atom stereocenters. The average Bonchev–Trinajstić information content (AvgIpc) is 2.93. The van der Waals surface area contributed by atoms with Crippen LogP contribution >= 0.6 is 11.8 Å². The van der Waals surface area contributed by atoms with E-state index in [0.29, 0.717) is 17.9 Å². The number of nitrogens with zero attached hydrogens (tertiary/aromatic N) is 5. The third-order valence-corrected chi connectivity index (χ3v) is 4.09. The van der Waals surface area contributed by atoms with Crippen molar-refractivity contribution in [3.05, 3.63) is 18.7 Å². The van der Waals surface area contributed by atoms with Crippen LogP contribution in [0, 0.1) is 0 Å². The van der Waals surface area contributed by atoms with Crippen LogP contribution in [0.2, 0.25) is 0 Å². The molecule has 8 heteroatoms. The zero-order valence-corrected chi connectivity index (χ0v) is 11.2. The lowest BCUT2D eigenvalue weighted by molar-refractivity contribution is 0.677. The van der Waals surface area contributed by atoms with Crippen LogP contribution in [0.3, 0.4) is 0 Å². The summed E-state index contributed by atoms with van der Waals surface area (Å²) >= 11 is 1.95. The molecule has 2 aromatic rings. The van der Waals surface area contributed by atoms with Gasteiger partial charge in [0, 0.05) is 24.2 Å². The van der Waals surface area contributed by atoms with Gasteiger partial charge in [0.05, 0.1) is 0 Å². The minimum Gasteiger partial charge on any atom is -0.368 e. The third-order valence-electron chi connectivity index (χ3n) is 2.87. The van der Waals surface area contributed by atoms with Crippen molar-refractivity contribution >= 4 is 23.7 Å². The Balaban J connectivity index is 1.81. The Bertz CT molecular complexity index is 536. The number of imidazole rings is 1. The van der Waals surface area contributed by atoms with Gasteiger partial charge in [-0.05, 0) is 18.6 Å². The van der Waals surface area contributed by atoms with Crippen molar-refractivity contribution in [1.29, 1.82) is 0 Å². The van der Waals surface area contributed by atoms with Crippen LogP contribution in [0.5, 0.6) is 0 Å². The topological polar surface area (TPSA) is 94.5 Å². The van der Waals surface area contributed by atoms with Crippen molar-refractivity contribution in [3.8, 4) is 5.95 Å². The molecule has 1 aliphatic heterocycles. The van der Waals surface area contributed by atoms with Gasteiger partial charge >= 0.3 is 0 Å². The van der Waals surface area contributed by atoms with Crippen LogP contribution in [0.1, 0.15) is 12.8 Å². The van der Waals surface area contributed by atoms with E-state index in [9.17, 15) is 0 Å². The first-order valence-corrected chi connectivity index (χ1v) is 7.31. The van der Waals surface area contributed by atoms with E-state index in [-0.39, 0.29) is 5.95 Å². The molecule has 1 saturated heterocycles. The van der Waals surface area contributed by atoms with Gasteiger partial charge in [0.25, 0.3) is 0 Å². The van der Waals surface area contributed by atoms with Crippen LogP contribution < -0.4 is 11.1 Å². The zero-order chi connectivity index (χ0) is 13.1. The normalized spacial score (nSPS) is 19.3. The average molecular weight is 277 g/mol. The van der Waals surface area contributed by atoms with E-state index in [1.54, 1.807) is 23.3 Å². The van der Waals surface area contributed by atoms with Crippen molar-refractivity contribution < 1.29 is 0 Å². The summed E-state index contributed by atoms with van der Waals surface area (Å²) in [5.74, 6) is 3.54. The quantitative estimate of drug-likeness (QED) is 0.862. The third kappa shape index (κ3) is 2.95. The summed E-state index contributed by atoms with van der Waals surface area (Å²) in [6.07, 6.45) is 7.44. The molecule has 0 saturated carbocycles. The Hall–Kier alpha value is -1.83. The van der Waals surface area contributed by atoms with Gasteiger partial charge in [-0.25, -0.2) is 4.98 Å². The fourth-order valence-electron chi connectivity index (χ4n) is 1.98. The number of anilines is 2. The molecule has 0 bridgehead atoms. The van der Waals surface area contributed by atoms with Crippen molar-refractivity contribution in [3.63, 3.8) is 0 Å². The van der Waals surface area contributed by atoms with Crippen molar-refractivity contribution in [2.24, 2.45) is 0 Å². The Labute approximate surface area is 115 Å². The smallest absolute Gasteiger partial charge is 0.241 e. The van der Waals surface area contributed by atoms with Gasteiger partial charge in [-0.15, -0.1) is 0 Å². The van der Waals surface area contributed by atoms with Gasteiger partial charge in [-0.2, -0.15) is 26.7 Å². The summed E-state index contributed by atoms with van der Waals surface area (Å²) in [5.41, 5.74) is 5.73. The molecular formula is C11H15N7S. The number of nitrogens with one attached hydrogen (secondary N) is 1. The highest BCUT2D eigenvalue weighted by Gasteiger charge is 2.15. The molecule has 2 aromatic heterocycles. The number of thioether (sulfide) groups is 1. The number of nitrogens with two attached hydrogens (primary N) is 1. The second-order valence-electron chi connectivity index (χ2n) is 4.35. The minimum atomic E-state index is 0.213. The van der Waals surface area contributed by atoms with E-state index in [1.807, 2.05) is 11.8 Å². The second-order valence-corrected chi connectivity index (χ2v) is 5.50. The van der Waals surface area contributed by atoms with Crippen molar-refractivity contribution in [2.45, 2.75) is 18.9 Å². The molecule has 1 fully saturated rings. The fourth-order valence-corrected chi connectivity index (χ4v) is 3.05. The van der Waals surface area contributed by atoms with Crippen LogP contribution in [-0.2, 0) is 0 Å². The maximum absolute atomic E-state index is 5.73. The predicted octanol–water partition coefficient (Wildman–Crippen LogP) is 0.947. The van der Waals surface area contributed by atoms with Gasteiger partial charge in [0.2, 0.25) is 17.8 Å². The molecule has 0 amide bonds. The van der Waals surface area contributed by atoms with Crippen LogP contribution in [0.15, 0.2) is 18.7 Å². The molecule has 0 aromatic carbocycles. The van der Waals surface area contributed by atoms with Gasteiger partial charge in [0.15, 0.2) is 0 Å². The van der Waals surface area contributed by atoms with Gasteiger partial charge < -0.3 is 11.1 Å².